The van der Waals surface area contributed by atoms with Crippen LogP contribution >= 0.6 is 34.9 Å². The van der Waals surface area contributed by atoms with Crippen LogP contribution in [0.3, 0.4) is 0 Å². The fraction of sp³-hybridized carbons (Fsp3) is 0.455. The molecule has 19 heavy (non-hydrogen) atoms. The maximum atomic E-state index is 11.5. The number of hydrogen-bond acceptors (Lipinski definition) is 6. The molecule has 0 unspecified atom stereocenters. The summed E-state index contributed by atoms with van der Waals surface area (Å²) in [6, 6.07) is 0. The number of carbonyl (C=O) groups is 1. The first kappa shape index (κ1) is 14.3. The third kappa shape index (κ3) is 2.60. The number of carbonyl (C=O) groups excluding carboxylic acids is 1. The summed E-state index contributed by atoms with van der Waals surface area (Å²) in [6.45, 7) is 6.04. The summed E-state index contributed by atoms with van der Waals surface area (Å²) < 4.78 is 2.77. The Morgan fingerprint density at radius 2 is 2.11 bits per heavy atom. The SMILES string of the molecule is CCN(C(C)=O)c1nnc(-c2sc(=S)n(C)c2C)s1. The largest absolute Gasteiger partial charge is 0.330 e. The lowest BCUT2D eigenvalue weighted by Gasteiger charge is -2.13. The number of hydrogen-bond donors (Lipinski definition) is 0. The molecule has 0 aliphatic heterocycles. The van der Waals surface area contributed by atoms with Crippen molar-refractivity contribution in [3.05, 3.63) is 9.65 Å². The minimum Gasteiger partial charge on any atom is -0.330 e. The highest BCUT2D eigenvalue weighted by Crippen LogP contribution is 2.34. The predicted molar refractivity (Wildman–Crippen MR) is 81.5 cm³/mol. The first-order valence-electron chi connectivity index (χ1n) is 5.74. The molecule has 0 fully saturated rings. The van der Waals surface area contributed by atoms with Crippen molar-refractivity contribution in [2.24, 2.45) is 7.05 Å². The third-order valence-corrected chi connectivity index (χ3v) is 5.59. The average molecular weight is 314 g/mol. The molecule has 2 aromatic rings. The summed E-state index contributed by atoms with van der Waals surface area (Å²) in [4.78, 5) is 14.1. The van der Waals surface area contributed by atoms with Crippen molar-refractivity contribution in [2.45, 2.75) is 20.8 Å². The molecule has 0 atom stereocenters. The van der Waals surface area contributed by atoms with Gasteiger partial charge in [0.2, 0.25) is 11.0 Å². The quantitative estimate of drug-likeness (QED) is 0.817. The highest BCUT2D eigenvalue weighted by molar-refractivity contribution is 7.73. The Hall–Kier alpha value is -1.12. The fourth-order valence-corrected chi connectivity index (χ4v) is 4.07. The lowest BCUT2D eigenvalue weighted by atomic mass is 10.4. The van der Waals surface area contributed by atoms with E-state index in [1.54, 1.807) is 4.90 Å². The van der Waals surface area contributed by atoms with Crippen molar-refractivity contribution < 1.29 is 4.79 Å². The lowest BCUT2D eigenvalue weighted by Crippen LogP contribution is -2.27. The number of amides is 1. The van der Waals surface area contributed by atoms with Crippen LogP contribution in [0.25, 0.3) is 9.88 Å². The second-order valence-electron chi connectivity index (χ2n) is 3.99. The van der Waals surface area contributed by atoms with E-state index >= 15 is 0 Å². The molecule has 0 bridgehead atoms. The zero-order chi connectivity index (χ0) is 14.2. The molecule has 8 heteroatoms. The van der Waals surface area contributed by atoms with Gasteiger partial charge in [0.15, 0.2) is 8.96 Å². The number of aromatic nitrogens is 3. The Morgan fingerprint density at radius 1 is 1.42 bits per heavy atom. The summed E-state index contributed by atoms with van der Waals surface area (Å²) in [5.74, 6) is -0.0254. The van der Waals surface area contributed by atoms with Crippen molar-refractivity contribution >= 4 is 45.9 Å². The van der Waals surface area contributed by atoms with Crippen LogP contribution in [0.5, 0.6) is 0 Å². The molecule has 1 amide bonds. The molecule has 0 saturated heterocycles. The van der Waals surface area contributed by atoms with E-state index in [4.69, 9.17) is 12.2 Å². The summed E-state index contributed by atoms with van der Waals surface area (Å²) in [5, 5.41) is 9.72. The minimum absolute atomic E-state index is 0.0254. The molecule has 2 rings (SSSR count). The number of anilines is 1. The Kier molecular flexibility index (Phi) is 4.12. The monoisotopic (exact) mass is 314 g/mol. The molecule has 0 aliphatic rings. The van der Waals surface area contributed by atoms with E-state index in [-0.39, 0.29) is 5.91 Å². The summed E-state index contributed by atoms with van der Waals surface area (Å²) in [7, 11) is 1.94. The third-order valence-electron chi connectivity index (χ3n) is 2.83. The van der Waals surface area contributed by atoms with Gasteiger partial charge in [0.25, 0.3) is 0 Å². The van der Waals surface area contributed by atoms with E-state index in [1.807, 2.05) is 25.5 Å². The minimum atomic E-state index is -0.0254. The van der Waals surface area contributed by atoms with Crippen molar-refractivity contribution in [3.63, 3.8) is 0 Å². The van der Waals surface area contributed by atoms with Crippen LogP contribution in [0.4, 0.5) is 5.13 Å². The molecule has 0 spiro atoms. The molecular formula is C11H14N4OS3. The van der Waals surface area contributed by atoms with E-state index in [9.17, 15) is 4.79 Å². The highest BCUT2D eigenvalue weighted by atomic mass is 32.1. The number of nitrogens with zero attached hydrogens (tertiary/aromatic N) is 4. The van der Waals surface area contributed by atoms with Crippen LogP contribution in [-0.2, 0) is 11.8 Å². The van der Waals surface area contributed by atoms with Gasteiger partial charge >= 0.3 is 0 Å². The van der Waals surface area contributed by atoms with Crippen LogP contribution in [0, 0.1) is 10.9 Å². The number of rotatable bonds is 3. The maximum Gasteiger partial charge on any atom is 0.225 e. The van der Waals surface area contributed by atoms with Crippen LogP contribution < -0.4 is 4.90 Å². The van der Waals surface area contributed by atoms with Crippen LogP contribution in [-0.4, -0.2) is 27.2 Å². The van der Waals surface area contributed by atoms with Crippen molar-refractivity contribution in [1.82, 2.24) is 14.8 Å². The standard InChI is InChI=1S/C11H14N4OS3/c1-5-15(7(3)16)10-13-12-9(19-10)8-6(2)14(4)11(17)18-8/h5H2,1-4H3. The summed E-state index contributed by atoms with van der Waals surface area (Å²) in [6.07, 6.45) is 0. The second-order valence-corrected chi connectivity index (χ2v) is 6.59. The summed E-state index contributed by atoms with van der Waals surface area (Å²) in [5.41, 5.74) is 1.07. The van der Waals surface area contributed by atoms with E-state index in [0.29, 0.717) is 11.7 Å². The predicted octanol–water partition coefficient (Wildman–Crippen LogP) is 3.02. The van der Waals surface area contributed by atoms with Crippen LogP contribution in [0.2, 0.25) is 0 Å². The molecule has 0 aliphatic carbocycles. The molecule has 0 N–H and O–H groups in total. The van der Waals surface area contributed by atoms with Gasteiger partial charge < -0.3 is 4.57 Å². The molecule has 0 radical (unpaired) electrons. The van der Waals surface area contributed by atoms with E-state index in [1.165, 1.54) is 29.6 Å². The average Bonchev–Trinajstić information content (AvgIpc) is 2.91. The van der Waals surface area contributed by atoms with Crippen molar-refractivity contribution in [1.29, 1.82) is 0 Å². The van der Waals surface area contributed by atoms with Crippen molar-refractivity contribution in [2.75, 3.05) is 11.4 Å². The van der Waals surface area contributed by atoms with Gasteiger partial charge in [0, 0.05) is 26.2 Å². The molecule has 0 aromatic carbocycles. The van der Waals surface area contributed by atoms with Gasteiger partial charge in [-0.1, -0.05) is 11.3 Å². The van der Waals surface area contributed by atoms with Gasteiger partial charge in [-0.25, -0.2) is 0 Å². The summed E-state index contributed by atoms with van der Waals surface area (Å²) >= 11 is 8.19. The molecule has 2 heterocycles. The Bertz CT molecular complexity index is 670. The van der Waals surface area contributed by atoms with Gasteiger partial charge in [0.05, 0.1) is 4.88 Å². The molecular weight excluding hydrogens is 300 g/mol. The van der Waals surface area contributed by atoms with Gasteiger partial charge in [0.1, 0.15) is 0 Å². The Balaban J connectivity index is 2.43. The van der Waals surface area contributed by atoms with Gasteiger partial charge in [-0.05, 0) is 26.1 Å². The lowest BCUT2D eigenvalue weighted by molar-refractivity contribution is -0.116. The zero-order valence-corrected chi connectivity index (χ0v) is 13.6. The van der Waals surface area contributed by atoms with Crippen LogP contribution in [0.15, 0.2) is 0 Å². The normalized spacial score (nSPS) is 10.7. The highest BCUT2D eigenvalue weighted by Gasteiger charge is 2.18. The van der Waals surface area contributed by atoms with E-state index < -0.39 is 0 Å². The first-order valence-corrected chi connectivity index (χ1v) is 7.78. The Labute approximate surface area is 124 Å². The molecule has 2 aromatic heterocycles. The first-order chi connectivity index (χ1) is 8.95. The van der Waals surface area contributed by atoms with Gasteiger partial charge in [-0.15, -0.1) is 21.5 Å². The maximum absolute atomic E-state index is 11.5. The smallest absolute Gasteiger partial charge is 0.225 e. The van der Waals surface area contributed by atoms with Crippen LogP contribution in [0.1, 0.15) is 19.5 Å². The zero-order valence-electron chi connectivity index (χ0n) is 11.1. The topological polar surface area (TPSA) is 51.0 Å². The van der Waals surface area contributed by atoms with Crippen molar-refractivity contribution in [3.8, 4) is 9.88 Å². The van der Waals surface area contributed by atoms with Gasteiger partial charge in [-0.2, -0.15) is 0 Å². The second kappa shape index (κ2) is 5.48. The molecule has 5 nitrogen and oxygen atoms in total. The Morgan fingerprint density at radius 3 is 2.58 bits per heavy atom. The van der Waals surface area contributed by atoms with Gasteiger partial charge in [-0.3, -0.25) is 9.69 Å². The molecule has 0 saturated carbocycles. The van der Waals surface area contributed by atoms with E-state index in [0.717, 1.165) is 19.5 Å². The fourth-order valence-electron chi connectivity index (χ4n) is 1.63. The molecule has 102 valence electrons. The number of thiazole rings is 1. The van der Waals surface area contributed by atoms with E-state index in [2.05, 4.69) is 10.2 Å².